The molecule has 1 aromatic rings. The van der Waals surface area contributed by atoms with Gasteiger partial charge in [0.25, 0.3) is 0 Å². The summed E-state index contributed by atoms with van der Waals surface area (Å²) in [6, 6.07) is 0. The van der Waals surface area contributed by atoms with Crippen molar-refractivity contribution in [3.63, 3.8) is 0 Å². The minimum Gasteiger partial charge on any atom is -0.387 e. The lowest BCUT2D eigenvalue weighted by Crippen LogP contribution is -2.52. The van der Waals surface area contributed by atoms with Crippen molar-refractivity contribution in [3.05, 3.63) is 5.82 Å². The van der Waals surface area contributed by atoms with Crippen molar-refractivity contribution in [2.75, 3.05) is 6.67 Å². The molecular weight excluding hydrogens is 383 g/mol. The molecule has 4 aliphatic rings. The van der Waals surface area contributed by atoms with Gasteiger partial charge in [-0.15, -0.1) is 5.10 Å². The van der Waals surface area contributed by atoms with E-state index in [4.69, 9.17) is 0 Å². The van der Waals surface area contributed by atoms with Gasteiger partial charge in [-0.05, 0) is 110 Å². The highest BCUT2D eigenvalue weighted by Crippen LogP contribution is 2.64. The summed E-state index contributed by atoms with van der Waals surface area (Å²) >= 11 is 0. The van der Waals surface area contributed by atoms with Gasteiger partial charge in [0.1, 0.15) is 19.0 Å². The Hall–Kier alpha value is -1.37. The van der Waals surface area contributed by atoms with Gasteiger partial charge in [-0.25, -0.2) is 9.07 Å². The minimum atomic E-state index is -1.07. The Labute approximate surface area is 178 Å². The Morgan fingerprint density at radius 3 is 2.67 bits per heavy atom. The summed E-state index contributed by atoms with van der Waals surface area (Å²) in [7, 11) is 0. The van der Waals surface area contributed by atoms with E-state index in [2.05, 4.69) is 22.4 Å². The van der Waals surface area contributed by atoms with Crippen molar-refractivity contribution in [2.24, 2.45) is 40.9 Å². The quantitative estimate of drug-likeness (QED) is 0.809. The van der Waals surface area contributed by atoms with Crippen LogP contribution in [0.15, 0.2) is 0 Å². The molecule has 4 aliphatic carbocycles. The molecule has 8 atom stereocenters. The van der Waals surface area contributed by atoms with Gasteiger partial charge in [0.05, 0.1) is 5.60 Å². The number of tetrazole rings is 1. The van der Waals surface area contributed by atoms with Crippen LogP contribution < -0.4 is 0 Å². The van der Waals surface area contributed by atoms with Crippen LogP contribution in [-0.2, 0) is 11.3 Å². The number of ketones is 1. The number of Topliss-reactive ketones (excluding diaryl/α,β-unsaturated/α-hetero) is 1. The highest BCUT2D eigenvalue weighted by molar-refractivity contribution is 5.82. The second-order valence-corrected chi connectivity index (χ2v) is 11.1. The molecule has 1 N–H and O–H groups in total. The molecule has 0 aliphatic heterocycles. The molecule has 166 valence electrons. The molecule has 1 aromatic heterocycles. The van der Waals surface area contributed by atoms with E-state index in [-0.39, 0.29) is 23.7 Å². The fourth-order valence-corrected chi connectivity index (χ4v) is 8.27. The normalized spacial score (nSPS) is 45.5. The maximum Gasteiger partial charge on any atom is 0.158 e. The largest absolute Gasteiger partial charge is 0.387 e. The molecule has 0 bridgehead atoms. The lowest BCUT2D eigenvalue weighted by molar-refractivity contribution is -0.134. The minimum absolute atomic E-state index is 0.0847. The van der Waals surface area contributed by atoms with Crippen molar-refractivity contribution in [3.8, 4) is 0 Å². The standard InChI is InChI=1S/C23H35FN4O2/c1-14-25-26-27-28(14)12-21(29)20-6-5-19-18-4-3-15-11-23(30,13-24)10-8-16(15)17(18)7-9-22(19,20)2/h15-20,30H,3-13H2,1-2H3/t15-,16+,17-,18-,19+,20?,22+,23-/m1/s1. The molecule has 5 rings (SSSR count). The van der Waals surface area contributed by atoms with Gasteiger partial charge in [-0.2, -0.15) is 0 Å². The van der Waals surface area contributed by atoms with E-state index in [9.17, 15) is 14.3 Å². The summed E-state index contributed by atoms with van der Waals surface area (Å²) in [6.45, 7) is 3.89. The highest BCUT2D eigenvalue weighted by Gasteiger charge is 2.59. The smallest absolute Gasteiger partial charge is 0.158 e. The summed E-state index contributed by atoms with van der Waals surface area (Å²) in [5.41, 5.74) is -0.988. The molecule has 1 unspecified atom stereocenters. The predicted octanol–water partition coefficient (Wildman–Crippen LogP) is 3.52. The molecule has 0 saturated heterocycles. The molecule has 0 amide bonds. The van der Waals surface area contributed by atoms with Gasteiger partial charge in [0.15, 0.2) is 5.78 Å². The third-order valence-electron chi connectivity index (χ3n) is 9.76. The molecule has 30 heavy (non-hydrogen) atoms. The van der Waals surface area contributed by atoms with Gasteiger partial charge in [0.2, 0.25) is 0 Å². The van der Waals surface area contributed by atoms with E-state index in [1.807, 2.05) is 6.92 Å². The summed E-state index contributed by atoms with van der Waals surface area (Å²) in [5.74, 6) is 4.20. The zero-order valence-electron chi connectivity index (χ0n) is 18.3. The number of alkyl halides is 1. The fraction of sp³-hybridized carbons (Fsp3) is 0.913. The number of carbonyl (C=O) groups is 1. The van der Waals surface area contributed by atoms with Crippen molar-refractivity contribution in [1.82, 2.24) is 20.2 Å². The number of aromatic nitrogens is 4. The van der Waals surface area contributed by atoms with Gasteiger partial charge < -0.3 is 5.11 Å². The molecule has 6 nitrogen and oxygen atoms in total. The van der Waals surface area contributed by atoms with Crippen molar-refractivity contribution < 1.29 is 14.3 Å². The molecule has 0 spiro atoms. The SMILES string of the molecule is Cc1nnnn1CC(=O)C1CC[C@H]2[C@@H]3CC[C@@H]4C[C@@](O)(CF)CC[C@@H]4[C@H]3CC[C@]12C. The molecule has 4 fully saturated rings. The zero-order valence-corrected chi connectivity index (χ0v) is 18.3. The molecule has 7 heteroatoms. The lowest BCUT2D eigenvalue weighted by Gasteiger charge is -2.56. The lowest BCUT2D eigenvalue weighted by atomic mass is 9.49. The Morgan fingerprint density at radius 1 is 1.13 bits per heavy atom. The Kier molecular flexibility index (Phi) is 5.03. The number of aryl methyl sites for hydroxylation is 1. The van der Waals surface area contributed by atoms with Gasteiger partial charge in [0, 0.05) is 5.92 Å². The first-order chi connectivity index (χ1) is 14.3. The van der Waals surface area contributed by atoms with Crippen LogP contribution >= 0.6 is 0 Å². The summed E-state index contributed by atoms with van der Waals surface area (Å²) in [6.07, 6.45) is 8.95. The third-order valence-corrected chi connectivity index (χ3v) is 9.76. The number of fused-ring (bicyclic) bond motifs is 5. The second kappa shape index (κ2) is 7.35. The molecule has 0 aromatic carbocycles. The van der Waals surface area contributed by atoms with Crippen LogP contribution in [0, 0.1) is 47.8 Å². The Bertz CT molecular complexity index is 815. The molecule has 4 saturated carbocycles. The summed E-state index contributed by atoms with van der Waals surface area (Å²) < 4.78 is 15.0. The van der Waals surface area contributed by atoms with Crippen LogP contribution in [0.1, 0.15) is 70.5 Å². The van der Waals surface area contributed by atoms with Crippen LogP contribution in [0.5, 0.6) is 0 Å². The Morgan fingerprint density at radius 2 is 1.93 bits per heavy atom. The van der Waals surface area contributed by atoms with Gasteiger partial charge in [-0.1, -0.05) is 6.92 Å². The molecule has 0 radical (unpaired) electrons. The molecule has 1 heterocycles. The van der Waals surface area contributed by atoms with Crippen molar-refractivity contribution in [1.29, 1.82) is 0 Å². The van der Waals surface area contributed by atoms with Gasteiger partial charge in [-0.3, -0.25) is 4.79 Å². The van der Waals surface area contributed by atoms with E-state index < -0.39 is 12.3 Å². The summed E-state index contributed by atoms with van der Waals surface area (Å²) in [4.78, 5) is 13.2. The van der Waals surface area contributed by atoms with Gasteiger partial charge >= 0.3 is 0 Å². The predicted molar refractivity (Wildman–Crippen MR) is 109 cm³/mol. The van der Waals surface area contributed by atoms with Crippen molar-refractivity contribution >= 4 is 5.78 Å². The number of hydrogen-bond donors (Lipinski definition) is 1. The van der Waals surface area contributed by atoms with E-state index >= 15 is 0 Å². The number of carbonyl (C=O) groups excluding carboxylic acids is 1. The van der Waals surface area contributed by atoms with Crippen LogP contribution in [0.3, 0.4) is 0 Å². The number of halogens is 1. The van der Waals surface area contributed by atoms with Crippen molar-refractivity contribution in [2.45, 2.75) is 83.8 Å². The summed E-state index contributed by atoms with van der Waals surface area (Å²) in [5, 5.41) is 22.1. The fourth-order valence-electron chi connectivity index (χ4n) is 8.27. The molecular formula is C23H35FN4O2. The van der Waals surface area contributed by atoms with E-state index in [1.165, 1.54) is 12.8 Å². The first kappa shape index (κ1) is 20.5. The topological polar surface area (TPSA) is 80.9 Å². The van der Waals surface area contributed by atoms with Crippen LogP contribution in [0.4, 0.5) is 4.39 Å². The number of hydrogen-bond acceptors (Lipinski definition) is 5. The first-order valence-electron chi connectivity index (χ1n) is 11.9. The second-order valence-electron chi connectivity index (χ2n) is 11.1. The average molecular weight is 419 g/mol. The van der Waals surface area contributed by atoms with E-state index in [1.54, 1.807) is 4.68 Å². The number of nitrogens with zero attached hydrogens (tertiary/aromatic N) is 4. The Balaban J connectivity index is 1.31. The number of aliphatic hydroxyl groups is 1. The van der Waals surface area contributed by atoms with E-state index in [0.717, 1.165) is 32.1 Å². The highest BCUT2D eigenvalue weighted by atomic mass is 19.1. The van der Waals surface area contributed by atoms with Crippen LogP contribution in [0.25, 0.3) is 0 Å². The van der Waals surface area contributed by atoms with E-state index in [0.29, 0.717) is 48.3 Å². The number of rotatable bonds is 4. The third kappa shape index (κ3) is 3.14. The van der Waals surface area contributed by atoms with Crippen LogP contribution in [0.2, 0.25) is 0 Å². The monoisotopic (exact) mass is 418 g/mol. The maximum atomic E-state index is 13.4. The average Bonchev–Trinajstić information content (AvgIpc) is 3.30. The zero-order chi connectivity index (χ0) is 21.1. The van der Waals surface area contributed by atoms with Crippen LogP contribution in [-0.4, -0.2) is 43.4 Å². The first-order valence-corrected chi connectivity index (χ1v) is 11.9. The maximum absolute atomic E-state index is 13.4.